The van der Waals surface area contributed by atoms with E-state index in [9.17, 15) is 8.78 Å². The van der Waals surface area contributed by atoms with E-state index >= 15 is 0 Å². The Balaban J connectivity index is 2.20. The summed E-state index contributed by atoms with van der Waals surface area (Å²) >= 11 is 2.88. The summed E-state index contributed by atoms with van der Waals surface area (Å²) in [4.78, 5) is 0. The first kappa shape index (κ1) is 12.9. The summed E-state index contributed by atoms with van der Waals surface area (Å²) in [6.45, 7) is 0.364. The Kier molecular flexibility index (Phi) is 3.87. The molecule has 2 aromatic rings. The number of rotatable bonds is 4. The van der Waals surface area contributed by atoms with E-state index in [1.165, 1.54) is 0 Å². The first-order valence-corrected chi connectivity index (χ1v) is 5.83. The fourth-order valence-corrected chi connectivity index (χ4v) is 1.58. The van der Waals surface area contributed by atoms with Gasteiger partial charge in [0.05, 0.1) is 10.2 Å². The van der Waals surface area contributed by atoms with Gasteiger partial charge in [-0.25, -0.2) is 8.78 Å². The smallest absolute Gasteiger partial charge is 0.320 e. The van der Waals surface area contributed by atoms with E-state index in [4.69, 9.17) is 10.2 Å². The van der Waals surface area contributed by atoms with Crippen molar-refractivity contribution in [2.45, 2.75) is 6.42 Å². The molecule has 0 bridgehead atoms. The number of hydrogen-bond donors (Lipinski definition) is 2. The van der Waals surface area contributed by atoms with E-state index in [1.54, 1.807) is 0 Å². The molecular weight excluding hydrogens is 310 g/mol. The zero-order chi connectivity index (χ0) is 13.1. The lowest BCUT2D eigenvalue weighted by atomic mass is 10.3. The first-order valence-electron chi connectivity index (χ1n) is 5.04. The highest BCUT2D eigenvalue weighted by molar-refractivity contribution is 9.10. The fraction of sp³-hybridized carbons (Fsp3) is 0.200. The molecule has 1 aromatic heterocycles. The van der Waals surface area contributed by atoms with Gasteiger partial charge in [-0.1, -0.05) is 5.10 Å². The Labute approximate surface area is 110 Å². The molecule has 96 valence electrons. The van der Waals surface area contributed by atoms with Crippen molar-refractivity contribution in [2.24, 2.45) is 5.73 Å². The van der Waals surface area contributed by atoms with E-state index in [0.717, 1.165) is 12.1 Å². The monoisotopic (exact) mass is 318 g/mol. The minimum absolute atomic E-state index is 0.0147. The summed E-state index contributed by atoms with van der Waals surface area (Å²) in [5, 5.41) is 9.83. The summed E-state index contributed by atoms with van der Waals surface area (Å²) in [7, 11) is 0. The number of nitrogens with two attached hydrogens (primary N) is 1. The van der Waals surface area contributed by atoms with Gasteiger partial charge in [-0.05, 0) is 22.0 Å². The van der Waals surface area contributed by atoms with Gasteiger partial charge in [0.25, 0.3) is 0 Å². The molecule has 0 fully saturated rings. The molecule has 0 aliphatic rings. The topological polar surface area (TPSA) is 77.0 Å². The third-order valence-electron chi connectivity index (χ3n) is 2.08. The quantitative estimate of drug-likeness (QED) is 0.846. The minimum atomic E-state index is -0.637. The van der Waals surface area contributed by atoms with Crippen LogP contribution in [0.15, 0.2) is 21.0 Å². The lowest BCUT2D eigenvalue weighted by Gasteiger charge is -2.04. The summed E-state index contributed by atoms with van der Waals surface area (Å²) in [6, 6.07) is 1.99. The van der Waals surface area contributed by atoms with Crippen molar-refractivity contribution in [1.82, 2.24) is 10.2 Å². The second-order valence-electron chi connectivity index (χ2n) is 3.41. The van der Waals surface area contributed by atoms with E-state index < -0.39 is 11.6 Å². The number of nitrogens with zero attached hydrogens (tertiary/aromatic N) is 2. The normalized spacial score (nSPS) is 10.7. The van der Waals surface area contributed by atoms with Gasteiger partial charge < -0.3 is 15.5 Å². The van der Waals surface area contributed by atoms with Crippen LogP contribution in [0.1, 0.15) is 5.89 Å². The summed E-state index contributed by atoms with van der Waals surface area (Å²) < 4.78 is 31.9. The van der Waals surface area contributed by atoms with Crippen LogP contribution >= 0.6 is 15.9 Å². The highest BCUT2D eigenvalue weighted by atomic mass is 79.9. The molecule has 0 saturated heterocycles. The predicted octanol–water partition coefficient (Wildman–Crippen LogP) is 2.36. The van der Waals surface area contributed by atoms with Crippen molar-refractivity contribution >= 4 is 27.6 Å². The lowest BCUT2D eigenvalue weighted by molar-refractivity contribution is 0.508. The Morgan fingerprint density at radius 3 is 2.78 bits per heavy atom. The van der Waals surface area contributed by atoms with Crippen molar-refractivity contribution in [1.29, 1.82) is 0 Å². The van der Waals surface area contributed by atoms with Gasteiger partial charge in [0.1, 0.15) is 11.6 Å². The zero-order valence-electron chi connectivity index (χ0n) is 9.08. The molecule has 18 heavy (non-hydrogen) atoms. The van der Waals surface area contributed by atoms with Gasteiger partial charge in [0.15, 0.2) is 0 Å². The molecule has 3 N–H and O–H groups in total. The van der Waals surface area contributed by atoms with Crippen molar-refractivity contribution in [3.05, 3.63) is 34.1 Å². The average Bonchev–Trinajstić information content (AvgIpc) is 2.74. The van der Waals surface area contributed by atoms with E-state index in [0.29, 0.717) is 18.9 Å². The maximum Gasteiger partial charge on any atom is 0.320 e. The zero-order valence-corrected chi connectivity index (χ0v) is 10.7. The van der Waals surface area contributed by atoms with E-state index in [-0.39, 0.29) is 16.2 Å². The minimum Gasteiger partial charge on any atom is -0.408 e. The summed E-state index contributed by atoms with van der Waals surface area (Å²) in [5.74, 6) is -0.902. The second kappa shape index (κ2) is 5.40. The van der Waals surface area contributed by atoms with Gasteiger partial charge in [0, 0.05) is 19.0 Å². The van der Waals surface area contributed by atoms with Crippen molar-refractivity contribution < 1.29 is 13.2 Å². The van der Waals surface area contributed by atoms with Gasteiger partial charge in [-0.3, -0.25) is 0 Å². The van der Waals surface area contributed by atoms with Crippen LogP contribution in [0.3, 0.4) is 0 Å². The Morgan fingerprint density at radius 2 is 2.06 bits per heavy atom. The summed E-state index contributed by atoms with van der Waals surface area (Å²) in [5.41, 5.74) is 5.24. The van der Waals surface area contributed by atoms with Crippen LogP contribution in [-0.4, -0.2) is 16.7 Å². The fourth-order valence-electron chi connectivity index (χ4n) is 1.26. The van der Waals surface area contributed by atoms with Crippen molar-refractivity contribution in [2.75, 3.05) is 11.9 Å². The predicted molar refractivity (Wildman–Crippen MR) is 64.4 cm³/mol. The van der Waals surface area contributed by atoms with Crippen LogP contribution < -0.4 is 11.1 Å². The number of anilines is 2. The average molecular weight is 319 g/mol. The van der Waals surface area contributed by atoms with Gasteiger partial charge >= 0.3 is 6.01 Å². The highest BCUT2D eigenvalue weighted by Gasteiger charge is 2.11. The lowest BCUT2D eigenvalue weighted by Crippen LogP contribution is -2.02. The maximum atomic E-state index is 13.5. The Bertz CT molecular complexity index is 561. The summed E-state index contributed by atoms with van der Waals surface area (Å²) in [6.07, 6.45) is 0.422. The standard InChI is InChI=1S/C10H9BrF2N4O/c11-5-3-7(13)8(4-6(5)12)15-10-17-16-9(18-10)1-2-14/h3-4H,1-2,14H2,(H,15,17). The molecular formula is C10H9BrF2N4O. The maximum absolute atomic E-state index is 13.5. The third-order valence-corrected chi connectivity index (χ3v) is 2.68. The Hall–Kier alpha value is -1.54. The van der Waals surface area contributed by atoms with Crippen LogP contribution in [0.2, 0.25) is 0 Å². The number of nitrogens with one attached hydrogen (secondary N) is 1. The molecule has 0 spiro atoms. The molecule has 0 amide bonds. The van der Waals surface area contributed by atoms with Crippen LogP contribution in [-0.2, 0) is 6.42 Å². The van der Waals surface area contributed by atoms with Crippen LogP contribution in [0.5, 0.6) is 0 Å². The molecule has 8 heteroatoms. The van der Waals surface area contributed by atoms with Gasteiger partial charge in [0.2, 0.25) is 5.89 Å². The third kappa shape index (κ3) is 2.82. The molecule has 1 aromatic carbocycles. The SMILES string of the molecule is NCCc1nnc(Nc2cc(F)c(Br)cc2F)o1. The number of halogens is 3. The van der Waals surface area contributed by atoms with Gasteiger partial charge in [-0.2, -0.15) is 0 Å². The number of hydrogen-bond acceptors (Lipinski definition) is 5. The molecule has 0 radical (unpaired) electrons. The molecule has 1 heterocycles. The molecule has 0 aliphatic heterocycles. The molecule has 0 atom stereocenters. The highest BCUT2D eigenvalue weighted by Crippen LogP contribution is 2.25. The first-order chi connectivity index (χ1) is 8.60. The molecule has 0 aliphatic carbocycles. The van der Waals surface area contributed by atoms with Crippen LogP contribution in [0.25, 0.3) is 0 Å². The molecule has 2 rings (SSSR count). The molecule has 0 unspecified atom stereocenters. The Morgan fingerprint density at radius 1 is 1.28 bits per heavy atom. The van der Waals surface area contributed by atoms with Gasteiger partial charge in [-0.15, -0.1) is 5.10 Å². The number of benzene rings is 1. The van der Waals surface area contributed by atoms with Crippen LogP contribution in [0, 0.1) is 11.6 Å². The van der Waals surface area contributed by atoms with E-state index in [1.807, 2.05) is 0 Å². The van der Waals surface area contributed by atoms with Crippen LogP contribution in [0.4, 0.5) is 20.5 Å². The molecule has 0 saturated carbocycles. The second-order valence-corrected chi connectivity index (χ2v) is 4.27. The molecule has 5 nitrogen and oxygen atoms in total. The number of aromatic nitrogens is 2. The largest absolute Gasteiger partial charge is 0.408 e. The van der Waals surface area contributed by atoms with Crippen molar-refractivity contribution in [3.8, 4) is 0 Å². The van der Waals surface area contributed by atoms with E-state index in [2.05, 4.69) is 31.4 Å². The van der Waals surface area contributed by atoms with Crippen molar-refractivity contribution in [3.63, 3.8) is 0 Å².